The maximum Gasteiger partial charge on any atom is 3.00 e. The first-order valence-corrected chi connectivity index (χ1v) is 0. The molecule has 13 heteroatoms. The van der Waals surface area contributed by atoms with E-state index >= 15 is 0 Å². The van der Waals surface area contributed by atoms with Crippen molar-refractivity contribution in [2.75, 3.05) is 0 Å². The molecule has 0 unspecified atom stereocenters. The van der Waals surface area contributed by atoms with E-state index in [1.54, 1.807) is 0 Å². The van der Waals surface area contributed by atoms with Gasteiger partial charge in [0.05, 0.1) is 0 Å². The molecule has 0 nitrogen and oxygen atoms in total. The second-order valence-corrected chi connectivity index (χ2v) is 0. The van der Waals surface area contributed by atoms with E-state index in [1.807, 2.05) is 0 Å². The molecule has 0 N–H and O–H groups in total. The fourth-order valence-corrected chi connectivity index (χ4v) is 0. The molecule has 92 valence electrons. The number of rotatable bonds is 0. The van der Waals surface area contributed by atoms with Gasteiger partial charge in [0.25, 0.3) is 0 Å². The molecule has 0 saturated carbocycles. The Bertz CT molecular complexity index is 19.6. The Morgan fingerprint density at radius 2 is 0.385 bits per heavy atom. The van der Waals surface area contributed by atoms with Crippen molar-refractivity contribution >= 4 is 17.4 Å². The largest absolute Gasteiger partial charge is 3.00 e. The van der Waals surface area contributed by atoms with Gasteiger partial charge in [0, 0.05) is 0 Å². The van der Waals surface area contributed by atoms with Crippen LogP contribution in [0.3, 0.4) is 0 Å². The molecule has 0 aromatic heterocycles. The zero-order chi connectivity index (χ0) is 0. The van der Waals surface area contributed by atoms with Gasteiger partial charge >= 0.3 is 67.7 Å². The minimum absolute atomic E-state index is 0. The van der Waals surface area contributed by atoms with Gasteiger partial charge in [-0.2, -0.15) is 0 Å². The van der Waals surface area contributed by atoms with Crippen molar-refractivity contribution in [3.05, 3.63) is 0 Å². The van der Waals surface area contributed by atoms with Gasteiger partial charge in [0.15, 0.2) is 0 Å². The molecule has 0 aromatic rings. The van der Waals surface area contributed by atoms with Crippen molar-refractivity contribution in [3.8, 4) is 0 Å². The second kappa shape index (κ2) is 1020. The third-order valence-electron chi connectivity index (χ3n) is 0. The van der Waals surface area contributed by atoms with Crippen molar-refractivity contribution in [2.24, 2.45) is 0 Å². The average Bonchev–Trinajstić information content (AvgIpc) is 0. The van der Waals surface area contributed by atoms with Crippen LogP contribution in [0.25, 0.3) is 0 Å². The van der Waals surface area contributed by atoms with E-state index in [9.17, 15) is 0 Å². The first-order chi connectivity index (χ1) is 0. The molecular formula is AlCoF9MnNi. The van der Waals surface area contributed by atoms with Crippen molar-refractivity contribution in [1.29, 1.82) is 0 Å². The van der Waals surface area contributed by atoms with Gasteiger partial charge in [0.1, 0.15) is 0 Å². The van der Waals surface area contributed by atoms with Crippen LogP contribution in [0.15, 0.2) is 0 Å². The van der Waals surface area contributed by atoms with Crippen molar-refractivity contribution in [1.82, 2.24) is 0 Å². The Hall–Kier alpha value is 1.42. The van der Waals surface area contributed by atoms with Gasteiger partial charge in [-0.3, -0.25) is 0 Å². The molecule has 0 amide bonds. The van der Waals surface area contributed by atoms with Crippen LogP contribution in [0.5, 0.6) is 0 Å². The Labute approximate surface area is 110 Å². The monoisotopic (exact) mass is 370 g/mol. The predicted octanol–water partition coefficient (Wildman–Crippen LogP) is -27.4. The quantitative estimate of drug-likeness (QED) is 0.294. The van der Waals surface area contributed by atoms with E-state index in [1.165, 1.54) is 0 Å². The van der Waals surface area contributed by atoms with Gasteiger partial charge < -0.3 is 42.3 Å². The van der Waals surface area contributed by atoms with E-state index in [2.05, 4.69) is 0 Å². The van der Waals surface area contributed by atoms with E-state index in [4.69, 9.17) is 0 Å². The molecule has 0 aliphatic carbocycles. The molecular weight excluding hydrogens is 371 g/mol. The summed E-state index contributed by atoms with van der Waals surface area (Å²) < 4.78 is 0. The zero-order valence-electron chi connectivity index (χ0n) is 5.01. The van der Waals surface area contributed by atoms with Crippen LogP contribution in [0.4, 0.5) is 0 Å². The summed E-state index contributed by atoms with van der Waals surface area (Å²) in [7, 11) is 0. The van der Waals surface area contributed by atoms with Gasteiger partial charge in [-0.1, -0.05) is 0 Å². The van der Waals surface area contributed by atoms with Gasteiger partial charge in [-0.05, 0) is 0 Å². The minimum Gasteiger partial charge on any atom is -1.00 e. The first-order valence-electron chi connectivity index (χ1n) is 0. The Morgan fingerprint density at radius 3 is 0.385 bits per heavy atom. The molecule has 0 rings (SSSR count). The predicted molar refractivity (Wildman–Crippen MR) is 5.75 cm³/mol. The zero-order valence-corrected chi connectivity index (χ0v) is 9.37. The maximum atomic E-state index is 0. The summed E-state index contributed by atoms with van der Waals surface area (Å²) in [4.78, 5) is 0. The smallest absolute Gasteiger partial charge is 1.00 e. The molecule has 0 atom stereocenters. The summed E-state index contributed by atoms with van der Waals surface area (Å²) in [6.07, 6.45) is 0. The first kappa shape index (κ1) is 1280. The van der Waals surface area contributed by atoms with Crippen LogP contribution in [0.1, 0.15) is 0 Å². The van der Waals surface area contributed by atoms with E-state index < -0.39 is 0 Å². The maximum absolute atomic E-state index is 0. The molecule has 0 aromatic carbocycles. The molecule has 0 spiro atoms. The molecule has 0 heterocycles. The average molecular weight is 371 g/mol. The van der Waals surface area contributed by atoms with Crippen LogP contribution < -0.4 is 42.3 Å². The summed E-state index contributed by atoms with van der Waals surface area (Å²) in [6.45, 7) is 0. The minimum atomic E-state index is 0. The SMILES string of the molecule is [Al+3].[Co+2].[F-].[F-].[F-].[F-].[F-].[F-].[F-].[F-].[F-].[Mn+2].[Ni+2]. The van der Waals surface area contributed by atoms with Crippen molar-refractivity contribution < 1.29 is 92.7 Å². The molecule has 0 aliphatic heterocycles. The van der Waals surface area contributed by atoms with Gasteiger partial charge in [-0.25, -0.2) is 0 Å². The summed E-state index contributed by atoms with van der Waals surface area (Å²) in [5.41, 5.74) is 0. The van der Waals surface area contributed by atoms with Crippen LogP contribution in [0, 0.1) is 0 Å². The van der Waals surface area contributed by atoms with Crippen LogP contribution in [-0.2, 0) is 50.3 Å². The second-order valence-electron chi connectivity index (χ2n) is 0. The van der Waals surface area contributed by atoms with Crippen LogP contribution in [0.2, 0.25) is 0 Å². The Kier molecular flexibility index (Phi) is 101000. The Balaban J connectivity index is 0. The van der Waals surface area contributed by atoms with Crippen molar-refractivity contribution in [3.63, 3.8) is 0 Å². The van der Waals surface area contributed by atoms with Crippen LogP contribution in [-0.4, -0.2) is 17.4 Å². The summed E-state index contributed by atoms with van der Waals surface area (Å²) in [6, 6.07) is 0. The number of hydrogen-bond donors (Lipinski definition) is 0. The van der Waals surface area contributed by atoms with E-state index in [-0.39, 0.29) is 110 Å². The number of halogens is 9. The molecule has 0 bridgehead atoms. The van der Waals surface area contributed by atoms with Gasteiger partial charge in [0.2, 0.25) is 0 Å². The summed E-state index contributed by atoms with van der Waals surface area (Å²) in [5, 5.41) is 0. The molecule has 0 fully saturated rings. The van der Waals surface area contributed by atoms with E-state index in [0.29, 0.717) is 0 Å². The fraction of sp³-hybridized carbons (Fsp3) is 0. The van der Waals surface area contributed by atoms with E-state index in [0.717, 1.165) is 0 Å². The fourth-order valence-electron chi connectivity index (χ4n) is 0. The molecule has 13 heavy (non-hydrogen) atoms. The standard InChI is InChI=1S/Al.Co.9FH.Mn.Ni/h;;9*1H;;/q+3;+2;;;;;;;;;;2*+2/p-9. The molecule has 2 radical (unpaired) electrons. The van der Waals surface area contributed by atoms with Crippen molar-refractivity contribution in [2.45, 2.75) is 0 Å². The summed E-state index contributed by atoms with van der Waals surface area (Å²) >= 11 is 0. The summed E-state index contributed by atoms with van der Waals surface area (Å²) in [5.74, 6) is 0. The topological polar surface area (TPSA) is 0 Å². The van der Waals surface area contributed by atoms with Crippen LogP contribution >= 0.6 is 0 Å². The molecule has 0 aliphatic rings. The molecule has 0 saturated heterocycles. The third-order valence-corrected chi connectivity index (χ3v) is 0. The van der Waals surface area contributed by atoms with Gasteiger partial charge in [-0.15, -0.1) is 0 Å². The Morgan fingerprint density at radius 1 is 0.385 bits per heavy atom. The normalized spacial score (nSPS) is 0. The number of hydrogen-bond acceptors (Lipinski definition) is 0. The third kappa shape index (κ3) is 866.